The van der Waals surface area contributed by atoms with Crippen LogP contribution in [0.25, 0.3) is 0 Å². The van der Waals surface area contributed by atoms with Crippen molar-refractivity contribution in [3.8, 4) is 0 Å². The Balaban J connectivity index is 3.33. The highest BCUT2D eigenvalue weighted by atomic mass is 15.5. The molecule has 1 N–H and O–H groups in total. The van der Waals surface area contributed by atoms with E-state index in [0.717, 1.165) is 0 Å². The molecule has 22 heavy (non-hydrogen) atoms. The highest BCUT2D eigenvalue weighted by molar-refractivity contribution is 4.54. The maximum Gasteiger partial charge on any atom is 0.0130 e. The van der Waals surface area contributed by atoms with E-state index in [-0.39, 0.29) is 0 Å². The van der Waals surface area contributed by atoms with Gasteiger partial charge in [-0.1, -0.05) is 91.4 Å². The summed E-state index contributed by atoms with van der Waals surface area (Å²) in [6.07, 6.45) is 19.4. The van der Waals surface area contributed by atoms with Crippen molar-refractivity contribution in [3.63, 3.8) is 0 Å². The minimum atomic E-state index is 1.17. The molecule has 0 saturated heterocycles. The van der Waals surface area contributed by atoms with Gasteiger partial charge >= 0.3 is 0 Å². The van der Waals surface area contributed by atoms with Gasteiger partial charge in [0.2, 0.25) is 0 Å². The van der Waals surface area contributed by atoms with Crippen LogP contribution in [0.4, 0.5) is 0 Å². The molecule has 2 nitrogen and oxygen atoms in total. The summed E-state index contributed by atoms with van der Waals surface area (Å²) in [6.45, 7) is 10.5. The van der Waals surface area contributed by atoms with Gasteiger partial charge in [0.1, 0.15) is 0 Å². The zero-order valence-electron chi connectivity index (χ0n) is 16.0. The zero-order valence-corrected chi connectivity index (χ0v) is 16.0. The molecule has 0 aromatic heterocycles. The molecule has 0 rings (SSSR count). The minimum Gasteiger partial charge on any atom is -0.255 e. The molecular formula is C20H44N2. The van der Waals surface area contributed by atoms with Gasteiger partial charge in [-0.05, 0) is 19.3 Å². The van der Waals surface area contributed by atoms with Gasteiger partial charge in [0.05, 0.1) is 0 Å². The molecule has 0 aliphatic rings. The van der Waals surface area contributed by atoms with Crippen LogP contribution in [0, 0.1) is 0 Å². The molecule has 2 heteroatoms. The number of hydrogen-bond donors (Lipinski definition) is 1. The molecule has 134 valence electrons. The van der Waals surface area contributed by atoms with Crippen LogP contribution in [0.1, 0.15) is 111 Å². The van der Waals surface area contributed by atoms with Crippen LogP contribution in [0.5, 0.6) is 0 Å². The summed E-state index contributed by atoms with van der Waals surface area (Å²) >= 11 is 0. The second kappa shape index (κ2) is 19.0. The lowest BCUT2D eigenvalue weighted by Crippen LogP contribution is -2.40. The quantitative estimate of drug-likeness (QED) is 0.235. The monoisotopic (exact) mass is 312 g/mol. The van der Waals surface area contributed by atoms with Gasteiger partial charge < -0.3 is 0 Å². The second-order valence-corrected chi connectivity index (χ2v) is 6.78. The Labute approximate surface area is 141 Å². The van der Waals surface area contributed by atoms with Gasteiger partial charge in [-0.3, -0.25) is 5.43 Å². The normalized spacial score (nSPS) is 11.5. The molecule has 0 heterocycles. The van der Waals surface area contributed by atoms with Gasteiger partial charge in [-0.15, -0.1) is 0 Å². The van der Waals surface area contributed by atoms with Gasteiger partial charge in [0.15, 0.2) is 0 Å². The lowest BCUT2D eigenvalue weighted by molar-refractivity contribution is 0.180. The fourth-order valence-corrected chi connectivity index (χ4v) is 2.82. The lowest BCUT2D eigenvalue weighted by Gasteiger charge is -2.23. The molecule has 0 aliphatic carbocycles. The average molecular weight is 313 g/mol. The Morgan fingerprint density at radius 3 is 1.36 bits per heavy atom. The predicted molar refractivity (Wildman–Crippen MR) is 101 cm³/mol. The third-order valence-corrected chi connectivity index (χ3v) is 4.43. The first-order valence-corrected chi connectivity index (χ1v) is 10.3. The van der Waals surface area contributed by atoms with Crippen molar-refractivity contribution in [1.29, 1.82) is 0 Å². The number of nitrogens with one attached hydrogen (secondary N) is 1. The highest BCUT2D eigenvalue weighted by Gasteiger charge is 2.02. The van der Waals surface area contributed by atoms with Crippen LogP contribution in [0.2, 0.25) is 0 Å². The third-order valence-electron chi connectivity index (χ3n) is 4.43. The number of unbranched alkanes of at least 4 members (excludes halogenated alkanes) is 11. The summed E-state index contributed by atoms with van der Waals surface area (Å²) in [7, 11) is 0. The molecule has 0 amide bonds. The van der Waals surface area contributed by atoms with E-state index in [9.17, 15) is 0 Å². The Morgan fingerprint density at radius 1 is 0.500 bits per heavy atom. The Kier molecular flexibility index (Phi) is 18.9. The van der Waals surface area contributed by atoms with E-state index in [2.05, 4.69) is 31.2 Å². The fourth-order valence-electron chi connectivity index (χ4n) is 2.82. The summed E-state index contributed by atoms with van der Waals surface area (Å²) in [5, 5.41) is 2.46. The van der Waals surface area contributed by atoms with Crippen molar-refractivity contribution in [2.24, 2.45) is 0 Å². The summed E-state index contributed by atoms with van der Waals surface area (Å²) in [5.41, 5.74) is 3.65. The summed E-state index contributed by atoms with van der Waals surface area (Å²) in [5.74, 6) is 0. The van der Waals surface area contributed by atoms with Crippen LogP contribution in [-0.2, 0) is 0 Å². The molecule has 0 radical (unpaired) electrons. The van der Waals surface area contributed by atoms with Crippen LogP contribution in [-0.4, -0.2) is 24.6 Å². The van der Waals surface area contributed by atoms with Gasteiger partial charge in [-0.2, -0.15) is 0 Å². The number of hydrogen-bond acceptors (Lipinski definition) is 2. The second-order valence-electron chi connectivity index (χ2n) is 6.78. The molecule has 0 spiro atoms. The molecular weight excluding hydrogens is 268 g/mol. The summed E-state index contributed by atoms with van der Waals surface area (Å²) < 4.78 is 0. The molecule has 0 saturated carbocycles. The minimum absolute atomic E-state index is 1.17. The van der Waals surface area contributed by atoms with Crippen molar-refractivity contribution in [2.45, 2.75) is 111 Å². The van der Waals surface area contributed by atoms with E-state index in [0.29, 0.717) is 0 Å². The molecule has 0 fully saturated rings. The third kappa shape index (κ3) is 16.3. The first-order valence-electron chi connectivity index (χ1n) is 10.3. The standard InChI is InChI=1S/C20H44N2/c1-4-7-10-11-12-13-14-15-16-17-18-21-22(19-8-5-2)20-9-6-3/h21H,4-20H2,1-3H3. The number of rotatable bonds is 18. The van der Waals surface area contributed by atoms with Gasteiger partial charge in [-0.25, -0.2) is 5.01 Å². The first kappa shape index (κ1) is 21.9. The van der Waals surface area contributed by atoms with Gasteiger partial charge in [0, 0.05) is 19.6 Å². The number of hydrazine groups is 1. The van der Waals surface area contributed by atoms with E-state index < -0.39 is 0 Å². The Hall–Kier alpha value is -0.0800. The largest absolute Gasteiger partial charge is 0.255 e. The fraction of sp³-hybridized carbons (Fsp3) is 1.00. The smallest absolute Gasteiger partial charge is 0.0130 e. The Morgan fingerprint density at radius 2 is 0.909 bits per heavy atom. The van der Waals surface area contributed by atoms with E-state index in [4.69, 9.17) is 0 Å². The molecule has 0 atom stereocenters. The maximum absolute atomic E-state index is 3.65. The van der Waals surface area contributed by atoms with Crippen LogP contribution < -0.4 is 5.43 Å². The van der Waals surface area contributed by atoms with Crippen molar-refractivity contribution in [2.75, 3.05) is 19.6 Å². The molecule has 0 bridgehead atoms. The van der Waals surface area contributed by atoms with Crippen molar-refractivity contribution in [1.82, 2.24) is 10.4 Å². The van der Waals surface area contributed by atoms with Crippen molar-refractivity contribution < 1.29 is 0 Å². The van der Waals surface area contributed by atoms with E-state index >= 15 is 0 Å². The molecule has 0 aromatic carbocycles. The highest BCUT2D eigenvalue weighted by Crippen LogP contribution is 2.10. The zero-order chi connectivity index (χ0) is 16.3. The summed E-state index contributed by atoms with van der Waals surface area (Å²) in [4.78, 5) is 0. The topological polar surface area (TPSA) is 15.3 Å². The SMILES string of the molecule is CCCCCCCCCCCCNN(CCCC)CCCC. The van der Waals surface area contributed by atoms with Crippen LogP contribution in [0.3, 0.4) is 0 Å². The van der Waals surface area contributed by atoms with E-state index in [1.54, 1.807) is 0 Å². The predicted octanol–water partition coefficient (Wildman–Crippen LogP) is 6.31. The molecule has 0 unspecified atom stereocenters. The van der Waals surface area contributed by atoms with Crippen LogP contribution >= 0.6 is 0 Å². The maximum atomic E-state index is 3.65. The Bertz CT molecular complexity index is 186. The van der Waals surface area contributed by atoms with Crippen molar-refractivity contribution >= 4 is 0 Å². The van der Waals surface area contributed by atoms with E-state index in [1.165, 1.54) is 110 Å². The van der Waals surface area contributed by atoms with Gasteiger partial charge in [0.25, 0.3) is 0 Å². The lowest BCUT2D eigenvalue weighted by atomic mass is 10.1. The average Bonchev–Trinajstić information content (AvgIpc) is 2.54. The number of nitrogens with zero attached hydrogens (tertiary/aromatic N) is 1. The molecule has 0 aromatic rings. The van der Waals surface area contributed by atoms with Crippen molar-refractivity contribution in [3.05, 3.63) is 0 Å². The first-order chi connectivity index (χ1) is 10.8. The molecule has 0 aliphatic heterocycles. The summed E-state index contributed by atoms with van der Waals surface area (Å²) in [6, 6.07) is 0. The van der Waals surface area contributed by atoms with E-state index in [1.807, 2.05) is 0 Å². The van der Waals surface area contributed by atoms with Crippen LogP contribution in [0.15, 0.2) is 0 Å².